The monoisotopic (exact) mass is 682 g/mol. The SMILES string of the molecule is Cc1cccc(C)c1Nc1nn(C)c2nc(Nc3ccc4c(c3)CN(C(=O)CCOCCOCCOCCOCCN)CC4)ncc12.Cl. The summed E-state index contributed by atoms with van der Waals surface area (Å²) >= 11 is 0. The molecule has 3 heterocycles. The van der Waals surface area contributed by atoms with Crippen molar-refractivity contribution in [3.8, 4) is 0 Å². The highest BCUT2D eigenvalue weighted by Crippen LogP contribution is 2.29. The van der Waals surface area contributed by atoms with Crippen molar-refractivity contribution >= 4 is 52.5 Å². The van der Waals surface area contributed by atoms with E-state index in [1.54, 1.807) is 10.9 Å². The van der Waals surface area contributed by atoms with E-state index in [2.05, 4.69) is 58.8 Å². The van der Waals surface area contributed by atoms with Gasteiger partial charge in [-0.15, -0.1) is 12.4 Å². The van der Waals surface area contributed by atoms with Crippen LogP contribution < -0.4 is 16.4 Å². The molecule has 1 aliphatic rings. The second-order valence-corrected chi connectivity index (χ2v) is 11.5. The van der Waals surface area contributed by atoms with Gasteiger partial charge < -0.3 is 40.2 Å². The summed E-state index contributed by atoms with van der Waals surface area (Å²) in [5.74, 6) is 1.27. The lowest BCUT2D eigenvalue weighted by molar-refractivity contribution is -0.133. The van der Waals surface area contributed by atoms with Crippen LogP contribution in [0.5, 0.6) is 0 Å². The number of fused-ring (bicyclic) bond motifs is 2. The summed E-state index contributed by atoms with van der Waals surface area (Å²) in [6.07, 6.45) is 2.93. The molecule has 1 amide bonds. The average Bonchev–Trinajstić information content (AvgIpc) is 3.38. The summed E-state index contributed by atoms with van der Waals surface area (Å²) in [6, 6.07) is 12.4. The first-order chi connectivity index (χ1) is 22.9. The van der Waals surface area contributed by atoms with E-state index in [1.165, 1.54) is 5.56 Å². The van der Waals surface area contributed by atoms with E-state index >= 15 is 0 Å². The van der Waals surface area contributed by atoms with Gasteiger partial charge in [0.2, 0.25) is 11.9 Å². The fourth-order valence-electron chi connectivity index (χ4n) is 5.46. The fraction of sp³-hybridized carbons (Fsp3) is 0.471. The summed E-state index contributed by atoms with van der Waals surface area (Å²) in [7, 11) is 1.87. The van der Waals surface area contributed by atoms with Crippen LogP contribution >= 0.6 is 12.4 Å². The molecule has 1 aliphatic heterocycles. The maximum atomic E-state index is 12.9. The fourth-order valence-corrected chi connectivity index (χ4v) is 5.46. The molecule has 0 bridgehead atoms. The number of nitrogens with two attached hydrogens (primary N) is 1. The van der Waals surface area contributed by atoms with Crippen LogP contribution in [0.25, 0.3) is 11.0 Å². The number of anilines is 4. The number of nitrogens with zero attached hydrogens (tertiary/aromatic N) is 5. The highest BCUT2D eigenvalue weighted by Gasteiger charge is 2.21. The van der Waals surface area contributed by atoms with Crippen molar-refractivity contribution in [3.05, 3.63) is 64.8 Å². The largest absolute Gasteiger partial charge is 0.379 e. The van der Waals surface area contributed by atoms with E-state index in [-0.39, 0.29) is 18.3 Å². The molecular weight excluding hydrogens is 636 g/mol. The van der Waals surface area contributed by atoms with Gasteiger partial charge in [-0.05, 0) is 54.7 Å². The van der Waals surface area contributed by atoms with Crippen LogP contribution in [-0.2, 0) is 43.8 Å². The number of benzene rings is 2. The molecule has 13 nitrogen and oxygen atoms in total. The van der Waals surface area contributed by atoms with Gasteiger partial charge in [0.15, 0.2) is 11.5 Å². The number of carbonyl (C=O) groups excluding carboxylic acids is 1. The molecule has 2 aromatic carbocycles. The van der Waals surface area contributed by atoms with Crippen molar-refractivity contribution in [1.29, 1.82) is 0 Å². The number of carbonyl (C=O) groups is 1. The molecule has 0 radical (unpaired) electrons. The van der Waals surface area contributed by atoms with Crippen molar-refractivity contribution < 1.29 is 23.7 Å². The summed E-state index contributed by atoms with van der Waals surface area (Å²) in [6.45, 7) is 9.72. The van der Waals surface area contributed by atoms with Gasteiger partial charge in [-0.3, -0.25) is 4.79 Å². The maximum Gasteiger partial charge on any atom is 0.229 e. The molecule has 0 atom stereocenters. The zero-order valence-corrected chi connectivity index (χ0v) is 28.8. The summed E-state index contributed by atoms with van der Waals surface area (Å²) in [4.78, 5) is 24.2. The number of rotatable bonds is 18. The average molecular weight is 683 g/mol. The van der Waals surface area contributed by atoms with Gasteiger partial charge in [0.25, 0.3) is 0 Å². The molecule has 2 aromatic heterocycles. The number of hydrogen-bond donors (Lipinski definition) is 3. The van der Waals surface area contributed by atoms with Gasteiger partial charge in [0, 0.05) is 44.3 Å². The molecule has 0 unspecified atom stereocenters. The Morgan fingerprint density at radius 1 is 0.896 bits per heavy atom. The minimum atomic E-state index is 0. The standard InChI is InChI=1S/C34H46N8O5.ClH/c1-24-5-4-6-25(2)31(24)38-32-29-22-36-34(39-33(29)41(3)40-32)37-28-8-7-26-9-12-42(23-27(26)21-28)30(43)10-13-44-15-17-46-19-20-47-18-16-45-14-11-35;/h4-8,21-22H,9-20,23,35H2,1-3H3,(H,38,40)(H,36,37,39);1H. The number of nitrogens with one attached hydrogen (secondary N) is 2. The molecule has 5 rings (SSSR count). The van der Waals surface area contributed by atoms with Gasteiger partial charge in [-0.1, -0.05) is 24.3 Å². The van der Waals surface area contributed by atoms with Gasteiger partial charge in [0.05, 0.1) is 64.7 Å². The molecule has 0 aliphatic carbocycles. The Morgan fingerprint density at radius 2 is 1.56 bits per heavy atom. The molecule has 0 fully saturated rings. The zero-order chi connectivity index (χ0) is 33.0. The minimum absolute atomic E-state index is 0. The van der Waals surface area contributed by atoms with E-state index < -0.39 is 0 Å². The van der Waals surface area contributed by atoms with E-state index in [9.17, 15) is 4.79 Å². The number of aromatic nitrogens is 4. The third-order valence-electron chi connectivity index (χ3n) is 7.97. The Morgan fingerprint density at radius 3 is 2.25 bits per heavy atom. The Bertz CT molecular complexity index is 1610. The first-order valence-corrected chi connectivity index (χ1v) is 16.1. The molecule has 260 valence electrons. The highest BCUT2D eigenvalue weighted by molar-refractivity contribution is 5.90. The van der Waals surface area contributed by atoms with Crippen LogP contribution in [0.1, 0.15) is 28.7 Å². The highest BCUT2D eigenvalue weighted by atomic mass is 35.5. The van der Waals surface area contributed by atoms with Crippen LogP contribution in [0.3, 0.4) is 0 Å². The topological polar surface area (TPSA) is 151 Å². The minimum Gasteiger partial charge on any atom is -0.379 e. The zero-order valence-electron chi connectivity index (χ0n) is 28.0. The second-order valence-electron chi connectivity index (χ2n) is 11.5. The van der Waals surface area contributed by atoms with Crippen LogP contribution in [0, 0.1) is 13.8 Å². The van der Waals surface area contributed by atoms with Crippen molar-refractivity contribution in [2.24, 2.45) is 12.8 Å². The lowest BCUT2D eigenvalue weighted by Crippen LogP contribution is -2.36. The normalized spacial score (nSPS) is 12.5. The molecule has 0 saturated carbocycles. The number of aryl methyl sites for hydroxylation is 3. The Hall–Kier alpha value is -3.85. The van der Waals surface area contributed by atoms with E-state index in [4.69, 9.17) is 29.7 Å². The van der Waals surface area contributed by atoms with Crippen LogP contribution in [-0.4, -0.2) is 96.5 Å². The number of halogens is 1. The molecular formula is C34H47ClN8O5. The van der Waals surface area contributed by atoms with Crippen LogP contribution in [0.15, 0.2) is 42.6 Å². The van der Waals surface area contributed by atoms with Gasteiger partial charge in [-0.2, -0.15) is 10.1 Å². The van der Waals surface area contributed by atoms with Gasteiger partial charge in [-0.25, -0.2) is 9.67 Å². The van der Waals surface area contributed by atoms with Gasteiger partial charge >= 0.3 is 0 Å². The summed E-state index contributed by atoms with van der Waals surface area (Å²) in [5.41, 5.74) is 12.6. The molecule has 0 spiro atoms. The molecule has 48 heavy (non-hydrogen) atoms. The van der Waals surface area contributed by atoms with Crippen molar-refractivity contribution in [3.63, 3.8) is 0 Å². The number of ether oxygens (including phenoxy) is 4. The smallest absolute Gasteiger partial charge is 0.229 e. The van der Waals surface area contributed by atoms with Crippen LogP contribution in [0.2, 0.25) is 0 Å². The van der Waals surface area contributed by atoms with Crippen molar-refractivity contribution in [2.45, 2.75) is 33.2 Å². The number of amides is 1. The lowest BCUT2D eigenvalue weighted by atomic mass is 9.99. The van der Waals surface area contributed by atoms with Gasteiger partial charge in [0.1, 0.15) is 0 Å². The first kappa shape index (κ1) is 37.0. The molecule has 4 N–H and O–H groups in total. The van der Waals surface area contributed by atoms with Crippen molar-refractivity contribution in [1.82, 2.24) is 24.6 Å². The predicted molar refractivity (Wildman–Crippen MR) is 189 cm³/mol. The number of hydrogen-bond acceptors (Lipinski definition) is 11. The summed E-state index contributed by atoms with van der Waals surface area (Å²) in [5, 5.41) is 12.3. The Kier molecular flexibility index (Phi) is 14.4. The molecule has 4 aromatic rings. The van der Waals surface area contributed by atoms with Crippen LogP contribution in [0.4, 0.5) is 23.1 Å². The first-order valence-electron chi connectivity index (χ1n) is 16.1. The Balaban J connectivity index is 0.00000520. The maximum absolute atomic E-state index is 12.9. The van der Waals surface area contributed by atoms with Crippen molar-refractivity contribution in [2.75, 3.05) is 76.6 Å². The third kappa shape index (κ3) is 10.1. The molecule has 0 saturated heterocycles. The van der Waals surface area contributed by atoms with E-state index in [0.29, 0.717) is 96.3 Å². The predicted octanol–water partition coefficient (Wildman–Crippen LogP) is 4.19. The lowest BCUT2D eigenvalue weighted by Gasteiger charge is -2.29. The van der Waals surface area contributed by atoms with E-state index in [0.717, 1.165) is 39.9 Å². The molecule has 14 heteroatoms. The van der Waals surface area contributed by atoms with E-state index in [1.807, 2.05) is 24.1 Å². The quantitative estimate of drug-likeness (QED) is 0.130. The second kappa shape index (κ2) is 18.6. The number of para-hydroxylation sites is 1. The third-order valence-corrected chi connectivity index (χ3v) is 7.97. The summed E-state index contributed by atoms with van der Waals surface area (Å²) < 4.78 is 23.5. The Labute approximate surface area is 287 Å².